The van der Waals surface area contributed by atoms with E-state index in [-0.39, 0.29) is 16.8 Å². The molecule has 2 heterocycles. The van der Waals surface area contributed by atoms with E-state index in [1.165, 1.54) is 12.3 Å². The molecule has 1 aromatic rings. The van der Waals surface area contributed by atoms with E-state index in [9.17, 15) is 8.42 Å². The van der Waals surface area contributed by atoms with Crippen LogP contribution in [0.1, 0.15) is 19.8 Å². The number of nitrogens with zero attached hydrogens (tertiary/aromatic N) is 2. The van der Waals surface area contributed by atoms with Gasteiger partial charge in [-0.15, -0.1) is 0 Å². The van der Waals surface area contributed by atoms with Gasteiger partial charge in [-0.2, -0.15) is 0 Å². The van der Waals surface area contributed by atoms with Gasteiger partial charge in [0.1, 0.15) is 10.7 Å². The summed E-state index contributed by atoms with van der Waals surface area (Å²) in [5, 5.41) is 0. The van der Waals surface area contributed by atoms with Gasteiger partial charge in [0, 0.05) is 18.3 Å². The predicted molar refractivity (Wildman–Crippen MR) is 74.1 cm³/mol. The highest BCUT2D eigenvalue weighted by atomic mass is 32.2. The van der Waals surface area contributed by atoms with Crippen molar-refractivity contribution in [1.29, 1.82) is 0 Å². The SMILES string of the molecule is CC1CC(NS(=O)(=O)c2cccnc2N)CCN1C. The third-order valence-electron chi connectivity index (χ3n) is 3.62. The summed E-state index contributed by atoms with van der Waals surface area (Å²) < 4.78 is 27.3. The lowest BCUT2D eigenvalue weighted by Gasteiger charge is -2.35. The van der Waals surface area contributed by atoms with Gasteiger partial charge in [0.2, 0.25) is 10.0 Å². The number of anilines is 1. The Morgan fingerprint density at radius 2 is 2.26 bits per heavy atom. The molecule has 2 atom stereocenters. The molecule has 1 fully saturated rings. The minimum atomic E-state index is -3.59. The van der Waals surface area contributed by atoms with E-state index in [2.05, 4.69) is 28.6 Å². The Morgan fingerprint density at radius 3 is 2.89 bits per heavy atom. The highest BCUT2D eigenvalue weighted by molar-refractivity contribution is 7.89. The molecular weight excluding hydrogens is 264 g/mol. The molecule has 1 aromatic heterocycles. The summed E-state index contributed by atoms with van der Waals surface area (Å²) in [6.45, 7) is 2.98. The summed E-state index contributed by atoms with van der Waals surface area (Å²) in [5.41, 5.74) is 5.62. The van der Waals surface area contributed by atoms with Gasteiger partial charge in [-0.1, -0.05) is 0 Å². The Labute approximate surface area is 114 Å². The molecule has 3 N–H and O–H groups in total. The second-order valence-corrected chi connectivity index (χ2v) is 6.74. The molecule has 0 amide bonds. The Morgan fingerprint density at radius 1 is 1.53 bits per heavy atom. The zero-order valence-corrected chi connectivity index (χ0v) is 12.0. The van der Waals surface area contributed by atoms with E-state index in [1.807, 2.05) is 0 Å². The van der Waals surface area contributed by atoms with E-state index in [1.54, 1.807) is 6.07 Å². The number of sulfonamides is 1. The van der Waals surface area contributed by atoms with Gasteiger partial charge < -0.3 is 10.6 Å². The first kappa shape index (κ1) is 14.2. The van der Waals surface area contributed by atoms with Crippen molar-refractivity contribution in [2.75, 3.05) is 19.3 Å². The van der Waals surface area contributed by atoms with Gasteiger partial charge in [0.25, 0.3) is 0 Å². The van der Waals surface area contributed by atoms with Crippen LogP contribution in [-0.2, 0) is 10.0 Å². The lowest BCUT2D eigenvalue weighted by molar-refractivity contribution is 0.178. The Kier molecular flexibility index (Phi) is 4.07. The van der Waals surface area contributed by atoms with Gasteiger partial charge in [0.15, 0.2) is 0 Å². The number of nitrogens with two attached hydrogens (primary N) is 1. The number of hydrogen-bond acceptors (Lipinski definition) is 5. The van der Waals surface area contributed by atoms with Crippen LogP contribution in [0.5, 0.6) is 0 Å². The molecule has 0 bridgehead atoms. The molecule has 106 valence electrons. The normalized spacial score (nSPS) is 25.4. The van der Waals surface area contributed by atoms with Crippen LogP contribution >= 0.6 is 0 Å². The fourth-order valence-electron chi connectivity index (χ4n) is 2.31. The minimum absolute atomic E-state index is 0.0379. The summed E-state index contributed by atoms with van der Waals surface area (Å²) in [5.74, 6) is 0.0379. The highest BCUT2D eigenvalue weighted by Gasteiger charge is 2.28. The first-order valence-electron chi connectivity index (χ1n) is 6.33. The number of hydrogen-bond donors (Lipinski definition) is 2. The van der Waals surface area contributed by atoms with Crippen LogP contribution in [0.15, 0.2) is 23.2 Å². The van der Waals surface area contributed by atoms with E-state index < -0.39 is 10.0 Å². The number of rotatable bonds is 3. The highest BCUT2D eigenvalue weighted by Crippen LogP contribution is 2.20. The summed E-state index contributed by atoms with van der Waals surface area (Å²) >= 11 is 0. The molecule has 0 spiro atoms. The number of nitrogen functional groups attached to an aromatic ring is 1. The van der Waals surface area contributed by atoms with E-state index in [0.29, 0.717) is 6.04 Å². The van der Waals surface area contributed by atoms with Gasteiger partial charge in [-0.05, 0) is 45.5 Å². The molecule has 1 saturated heterocycles. The molecule has 0 saturated carbocycles. The molecule has 2 rings (SSSR count). The quantitative estimate of drug-likeness (QED) is 0.840. The van der Waals surface area contributed by atoms with Crippen LogP contribution < -0.4 is 10.5 Å². The summed E-state index contributed by atoms with van der Waals surface area (Å²) in [6, 6.07) is 3.37. The van der Waals surface area contributed by atoms with Crippen molar-refractivity contribution in [1.82, 2.24) is 14.6 Å². The van der Waals surface area contributed by atoms with Crippen molar-refractivity contribution in [3.05, 3.63) is 18.3 Å². The fourth-order valence-corrected chi connectivity index (χ4v) is 3.67. The maximum atomic E-state index is 12.3. The molecule has 0 aromatic carbocycles. The molecule has 0 aliphatic carbocycles. The van der Waals surface area contributed by atoms with Crippen LogP contribution in [0.25, 0.3) is 0 Å². The van der Waals surface area contributed by atoms with Gasteiger partial charge in [-0.25, -0.2) is 18.1 Å². The second-order valence-electron chi connectivity index (χ2n) is 5.06. The average Bonchev–Trinajstić information content (AvgIpc) is 2.34. The van der Waals surface area contributed by atoms with Gasteiger partial charge in [0.05, 0.1) is 0 Å². The third-order valence-corrected chi connectivity index (χ3v) is 5.19. The smallest absolute Gasteiger partial charge is 0.244 e. The molecule has 7 heteroatoms. The predicted octanol–water partition coefficient (Wildman–Crippen LogP) is 0.425. The van der Waals surface area contributed by atoms with Gasteiger partial charge >= 0.3 is 0 Å². The second kappa shape index (κ2) is 5.44. The average molecular weight is 284 g/mol. The lowest BCUT2D eigenvalue weighted by atomic mass is 10.0. The van der Waals surface area contributed by atoms with Gasteiger partial charge in [-0.3, -0.25) is 0 Å². The van der Waals surface area contributed by atoms with Crippen LogP contribution in [-0.4, -0.2) is 44.0 Å². The van der Waals surface area contributed by atoms with Crippen LogP contribution in [0.3, 0.4) is 0 Å². The molecule has 1 aliphatic rings. The molecule has 19 heavy (non-hydrogen) atoms. The topological polar surface area (TPSA) is 88.3 Å². The number of likely N-dealkylation sites (tertiary alicyclic amines) is 1. The molecular formula is C12H20N4O2S. The maximum Gasteiger partial charge on any atom is 0.244 e. The molecule has 2 unspecified atom stereocenters. The fraction of sp³-hybridized carbons (Fsp3) is 0.583. The maximum absolute atomic E-state index is 12.3. The van der Waals surface area contributed by atoms with E-state index >= 15 is 0 Å². The zero-order chi connectivity index (χ0) is 14.0. The van der Waals surface area contributed by atoms with Crippen molar-refractivity contribution in [2.24, 2.45) is 0 Å². The molecule has 0 radical (unpaired) electrons. The first-order chi connectivity index (χ1) is 8.90. The Balaban J connectivity index is 2.12. The van der Waals surface area contributed by atoms with E-state index in [0.717, 1.165) is 19.4 Å². The third kappa shape index (κ3) is 3.23. The molecule has 1 aliphatic heterocycles. The number of nitrogens with one attached hydrogen (secondary N) is 1. The Bertz CT molecular complexity index is 546. The monoisotopic (exact) mass is 284 g/mol. The van der Waals surface area contributed by atoms with Crippen LogP contribution in [0.4, 0.5) is 5.82 Å². The summed E-state index contributed by atoms with van der Waals surface area (Å²) in [7, 11) is -1.54. The zero-order valence-electron chi connectivity index (χ0n) is 11.2. The summed E-state index contributed by atoms with van der Waals surface area (Å²) in [6.07, 6.45) is 3.09. The molecule has 6 nitrogen and oxygen atoms in total. The van der Waals surface area contributed by atoms with Crippen molar-refractivity contribution < 1.29 is 8.42 Å². The van der Waals surface area contributed by atoms with Crippen molar-refractivity contribution in [2.45, 2.75) is 36.7 Å². The number of piperidine rings is 1. The number of aromatic nitrogens is 1. The first-order valence-corrected chi connectivity index (χ1v) is 7.81. The van der Waals surface area contributed by atoms with Crippen molar-refractivity contribution >= 4 is 15.8 Å². The van der Waals surface area contributed by atoms with Crippen LogP contribution in [0, 0.1) is 0 Å². The van der Waals surface area contributed by atoms with E-state index in [4.69, 9.17) is 5.73 Å². The largest absolute Gasteiger partial charge is 0.383 e. The lowest BCUT2D eigenvalue weighted by Crippen LogP contribution is -2.47. The van der Waals surface area contributed by atoms with Crippen molar-refractivity contribution in [3.63, 3.8) is 0 Å². The van der Waals surface area contributed by atoms with Crippen molar-refractivity contribution in [3.8, 4) is 0 Å². The number of pyridine rings is 1. The Hall–Kier alpha value is -1.18. The minimum Gasteiger partial charge on any atom is -0.383 e. The van der Waals surface area contributed by atoms with Crippen LogP contribution in [0.2, 0.25) is 0 Å². The standard InChI is InChI=1S/C12H20N4O2S/c1-9-8-10(5-7-16(9)2)15-19(17,18)11-4-3-6-14-12(11)13/h3-4,6,9-10,15H,5,7-8H2,1-2H3,(H2,13,14). The summed E-state index contributed by atoms with van der Waals surface area (Å²) in [4.78, 5) is 6.10.